The molecule has 1 aromatic heterocycles. The Morgan fingerprint density at radius 1 is 1.20 bits per heavy atom. The fraction of sp³-hybridized carbons (Fsp3) is 0.700. The van der Waals surface area contributed by atoms with E-state index in [0.717, 1.165) is 32.6 Å². The van der Waals surface area contributed by atoms with Crippen molar-refractivity contribution in [3.63, 3.8) is 0 Å². The van der Waals surface area contributed by atoms with E-state index >= 15 is 0 Å². The fourth-order valence-electron chi connectivity index (χ4n) is 1.37. The molecule has 0 amide bonds. The van der Waals surface area contributed by atoms with E-state index in [2.05, 4.69) is 39.0 Å². The van der Waals surface area contributed by atoms with Crippen LogP contribution in [0.15, 0.2) is 12.7 Å². The van der Waals surface area contributed by atoms with Gasteiger partial charge in [-0.3, -0.25) is 0 Å². The highest BCUT2D eigenvalue weighted by atomic mass is 15.1. The highest BCUT2D eigenvalue weighted by Gasteiger charge is 1.98. The number of nitrogens with zero attached hydrogens (tertiary/aromatic N) is 4. The van der Waals surface area contributed by atoms with E-state index in [0.29, 0.717) is 5.95 Å². The molecule has 0 fully saturated rings. The van der Waals surface area contributed by atoms with Crippen molar-refractivity contribution in [1.29, 1.82) is 0 Å². The third-order valence-electron chi connectivity index (χ3n) is 2.32. The zero-order valence-electron chi connectivity index (χ0n) is 9.48. The molecule has 1 N–H and O–H groups in total. The van der Waals surface area contributed by atoms with Crippen molar-refractivity contribution in [1.82, 2.24) is 19.9 Å². The number of aromatic nitrogens is 3. The Bertz CT molecular complexity index is 247. The Kier molecular flexibility index (Phi) is 5.62. The molecule has 15 heavy (non-hydrogen) atoms. The van der Waals surface area contributed by atoms with Gasteiger partial charge < -0.3 is 10.2 Å². The minimum atomic E-state index is 0.657. The van der Waals surface area contributed by atoms with E-state index in [1.807, 2.05) is 0 Å². The van der Waals surface area contributed by atoms with Gasteiger partial charge in [-0.15, -0.1) is 0 Å². The molecule has 84 valence electrons. The first kappa shape index (κ1) is 11.8. The Morgan fingerprint density at radius 3 is 2.47 bits per heavy atom. The first-order chi connectivity index (χ1) is 7.36. The van der Waals surface area contributed by atoms with Crippen LogP contribution in [0, 0.1) is 0 Å². The molecule has 0 radical (unpaired) electrons. The highest BCUT2D eigenvalue weighted by molar-refractivity contribution is 5.19. The zero-order chi connectivity index (χ0) is 10.9. The summed E-state index contributed by atoms with van der Waals surface area (Å²) in [5, 5.41) is 3.16. The smallest absolute Gasteiger partial charge is 0.225 e. The van der Waals surface area contributed by atoms with E-state index in [9.17, 15) is 0 Å². The van der Waals surface area contributed by atoms with Crippen molar-refractivity contribution in [3.05, 3.63) is 12.7 Å². The first-order valence-corrected chi connectivity index (χ1v) is 5.45. The van der Waals surface area contributed by atoms with Crippen molar-refractivity contribution in [2.24, 2.45) is 0 Å². The van der Waals surface area contributed by atoms with E-state index in [-0.39, 0.29) is 0 Å². The van der Waals surface area contributed by atoms with Crippen LogP contribution < -0.4 is 5.32 Å². The number of rotatable bonds is 7. The molecule has 0 aliphatic heterocycles. The van der Waals surface area contributed by atoms with Crippen LogP contribution in [0.1, 0.15) is 20.3 Å². The molecule has 0 saturated carbocycles. The molecule has 0 aliphatic rings. The lowest BCUT2D eigenvalue weighted by molar-refractivity contribution is 0.303. The molecule has 1 rings (SSSR count). The fourth-order valence-corrected chi connectivity index (χ4v) is 1.37. The van der Waals surface area contributed by atoms with Crippen molar-refractivity contribution in [2.45, 2.75) is 20.3 Å². The summed E-state index contributed by atoms with van der Waals surface area (Å²) >= 11 is 0. The molecular formula is C10H19N5. The molecule has 0 spiro atoms. The minimum absolute atomic E-state index is 0.657. The summed E-state index contributed by atoms with van der Waals surface area (Å²) in [4.78, 5) is 14.1. The summed E-state index contributed by atoms with van der Waals surface area (Å²) in [5.74, 6) is 0.657. The van der Waals surface area contributed by atoms with Crippen LogP contribution in [0.4, 0.5) is 5.95 Å². The Balaban J connectivity index is 2.12. The van der Waals surface area contributed by atoms with E-state index in [4.69, 9.17) is 0 Å². The largest absolute Gasteiger partial charge is 0.354 e. The topological polar surface area (TPSA) is 53.9 Å². The third-order valence-corrected chi connectivity index (χ3v) is 2.32. The van der Waals surface area contributed by atoms with Gasteiger partial charge in [0.05, 0.1) is 0 Å². The maximum absolute atomic E-state index is 3.99. The second-order valence-electron chi connectivity index (χ2n) is 3.27. The normalized spacial score (nSPS) is 10.6. The lowest BCUT2D eigenvalue weighted by Crippen LogP contribution is -2.25. The number of nitrogens with one attached hydrogen (secondary N) is 1. The summed E-state index contributed by atoms with van der Waals surface area (Å²) in [7, 11) is 0. The van der Waals surface area contributed by atoms with Gasteiger partial charge in [0.2, 0.25) is 5.95 Å². The molecule has 0 atom stereocenters. The van der Waals surface area contributed by atoms with Gasteiger partial charge >= 0.3 is 0 Å². The quantitative estimate of drug-likeness (QED) is 0.679. The molecular weight excluding hydrogens is 190 g/mol. The van der Waals surface area contributed by atoms with Crippen molar-refractivity contribution in [2.75, 3.05) is 31.5 Å². The summed E-state index contributed by atoms with van der Waals surface area (Å²) < 4.78 is 0. The molecule has 0 bridgehead atoms. The summed E-state index contributed by atoms with van der Waals surface area (Å²) in [6.07, 6.45) is 4.10. The molecule has 0 unspecified atom stereocenters. The molecule has 5 heteroatoms. The molecule has 0 aromatic carbocycles. The minimum Gasteiger partial charge on any atom is -0.354 e. The lowest BCUT2D eigenvalue weighted by atomic mass is 10.3. The van der Waals surface area contributed by atoms with Gasteiger partial charge in [0.15, 0.2) is 0 Å². The highest BCUT2D eigenvalue weighted by Crippen LogP contribution is 1.94. The maximum Gasteiger partial charge on any atom is 0.225 e. The predicted molar refractivity (Wildman–Crippen MR) is 60.7 cm³/mol. The number of anilines is 1. The van der Waals surface area contributed by atoms with Crippen LogP contribution in [-0.2, 0) is 0 Å². The molecule has 0 aliphatic carbocycles. The lowest BCUT2D eigenvalue weighted by Gasteiger charge is -2.17. The van der Waals surface area contributed by atoms with Crippen LogP contribution >= 0.6 is 0 Å². The number of hydrogen-bond donors (Lipinski definition) is 1. The Labute approximate surface area is 91.0 Å². The zero-order valence-corrected chi connectivity index (χ0v) is 9.48. The SMILES string of the molecule is CCN(CC)CCCNc1ncncn1. The van der Waals surface area contributed by atoms with Gasteiger partial charge in [0, 0.05) is 6.54 Å². The van der Waals surface area contributed by atoms with Crippen molar-refractivity contribution in [3.8, 4) is 0 Å². The van der Waals surface area contributed by atoms with E-state index < -0.39 is 0 Å². The van der Waals surface area contributed by atoms with Crippen LogP contribution in [-0.4, -0.2) is 46.0 Å². The Hall–Kier alpha value is -1.23. The number of hydrogen-bond acceptors (Lipinski definition) is 5. The molecule has 1 heterocycles. The summed E-state index contributed by atoms with van der Waals surface area (Å²) in [5.41, 5.74) is 0. The van der Waals surface area contributed by atoms with E-state index in [1.165, 1.54) is 12.7 Å². The molecule has 1 aromatic rings. The monoisotopic (exact) mass is 209 g/mol. The maximum atomic E-state index is 3.99. The van der Waals surface area contributed by atoms with Crippen LogP contribution in [0.2, 0.25) is 0 Å². The van der Waals surface area contributed by atoms with Crippen molar-refractivity contribution < 1.29 is 0 Å². The van der Waals surface area contributed by atoms with Gasteiger partial charge in [-0.1, -0.05) is 13.8 Å². The second-order valence-corrected chi connectivity index (χ2v) is 3.27. The van der Waals surface area contributed by atoms with Gasteiger partial charge in [0.25, 0.3) is 0 Å². The van der Waals surface area contributed by atoms with Crippen LogP contribution in [0.5, 0.6) is 0 Å². The van der Waals surface area contributed by atoms with Gasteiger partial charge in [-0.2, -0.15) is 0 Å². The van der Waals surface area contributed by atoms with Gasteiger partial charge in [-0.05, 0) is 26.1 Å². The summed E-state index contributed by atoms with van der Waals surface area (Å²) in [6.45, 7) is 8.61. The summed E-state index contributed by atoms with van der Waals surface area (Å²) in [6, 6.07) is 0. The standard InChI is InChI=1S/C10H19N5/c1-3-15(4-2)7-5-6-12-10-13-8-11-9-14-10/h8-9H,3-7H2,1-2H3,(H,11,12,13,14). The van der Waals surface area contributed by atoms with Gasteiger partial charge in [0.1, 0.15) is 12.7 Å². The molecule has 5 nitrogen and oxygen atoms in total. The third kappa shape index (κ3) is 4.69. The average molecular weight is 209 g/mol. The van der Waals surface area contributed by atoms with Crippen molar-refractivity contribution >= 4 is 5.95 Å². The van der Waals surface area contributed by atoms with Gasteiger partial charge in [-0.25, -0.2) is 15.0 Å². The first-order valence-electron chi connectivity index (χ1n) is 5.45. The molecule has 0 saturated heterocycles. The predicted octanol–water partition coefficient (Wildman–Crippen LogP) is 1.02. The van der Waals surface area contributed by atoms with Crippen LogP contribution in [0.3, 0.4) is 0 Å². The average Bonchev–Trinajstić information content (AvgIpc) is 2.31. The van der Waals surface area contributed by atoms with Crippen LogP contribution in [0.25, 0.3) is 0 Å². The Morgan fingerprint density at radius 2 is 1.87 bits per heavy atom. The van der Waals surface area contributed by atoms with E-state index in [1.54, 1.807) is 0 Å². The second kappa shape index (κ2) is 7.11.